The third kappa shape index (κ3) is 5.13. The number of carbonyl (C=O) groups is 1. The van der Waals surface area contributed by atoms with E-state index in [1.165, 1.54) is 22.9 Å². The summed E-state index contributed by atoms with van der Waals surface area (Å²) in [6, 6.07) is 19.8. The fraction of sp³-hybridized carbons (Fsp3) is 0.0870. The number of rotatable bonds is 6. The highest BCUT2D eigenvalue weighted by Crippen LogP contribution is 2.17. The van der Waals surface area contributed by atoms with Crippen molar-refractivity contribution in [2.75, 3.05) is 5.32 Å². The van der Waals surface area contributed by atoms with Gasteiger partial charge in [0.15, 0.2) is 0 Å². The number of amides is 1. The number of benzene rings is 2. The zero-order valence-corrected chi connectivity index (χ0v) is 18.7. The number of nitrogens with one attached hydrogen (secondary N) is 1. The van der Waals surface area contributed by atoms with Crippen LogP contribution in [-0.2, 0) is 13.1 Å². The minimum atomic E-state index is -0.328. The SMILES string of the molecule is O=C(Nc1ccnn1Cc1ccc(Br)cc1)c1ccc(=O)n(Cc2ccccc2Cl)c1. The van der Waals surface area contributed by atoms with Crippen LogP contribution in [0.4, 0.5) is 5.82 Å². The van der Waals surface area contributed by atoms with Crippen LogP contribution in [-0.4, -0.2) is 20.3 Å². The van der Waals surface area contributed by atoms with Crippen molar-refractivity contribution in [3.8, 4) is 0 Å². The van der Waals surface area contributed by atoms with Crippen LogP contribution < -0.4 is 10.9 Å². The van der Waals surface area contributed by atoms with Gasteiger partial charge in [0.1, 0.15) is 5.82 Å². The van der Waals surface area contributed by atoms with E-state index in [2.05, 4.69) is 26.3 Å². The number of aromatic nitrogens is 3. The van der Waals surface area contributed by atoms with Gasteiger partial charge in [-0.2, -0.15) is 5.10 Å². The molecule has 0 aliphatic heterocycles. The second-order valence-electron chi connectivity index (χ2n) is 6.93. The van der Waals surface area contributed by atoms with Crippen LogP contribution in [0.2, 0.25) is 5.02 Å². The molecule has 8 heteroatoms. The number of hydrogen-bond acceptors (Lipinski definition) is 3. The molecule has 0 aliphatic carbocycles. The zero-order valence-electron chi connectivity index (χ0n) is 16.3. The van der Waals surface area contributed by atoms with Crippen molar-refractivity contribution < 1.29 is 4.79 Å². The molecule has 1 N–H and O–H groups in total. The van der Waals surface area contributed by atoms with Crippen molar-refractivity contribution in [3.63, 3.8) is 0 Å². The summed E-state index contributed by atoms with van der Waals surface area (Å²) < 4.78 is 4.17. The summed E-state index contributed by atoms with van der Waals surface area (Å²) in [4.78, 5) is 25.1. The normalized spacial score (nSPS) is 10.8. The number of hydrogen-bond donors (Lipinski definition) is 1. The Morgan fingerprint density at radius 3 is 2.55 bits per heavy atom. The lowest BCUT2D eigenvalue weighted by molar-refractivity contribution is 0.102. The lowest BCUT2D eigenvalue weighted by Gasteiger charge is -2.11. The predicted octanol–water partition coefficient (Wildman–Crippen LogP) is 4.81. The Morgan fingerprint density at radius 1 is 1.00 bits per heavy atom. The lowest BCUT2D eigenvalue weighted by atomic mass is 10.2. The number of carbonyl (C=O) groups excluding carboxylic acids is 1. The Hall–Kier alpha value is -3.16. The highest BCUT2D eigenvalue weighted by atomic mass is 79.9. The first-order chi connectivity index (χ1) is 15.0. The maximum absolute atomic E-state index is 12.8. The van der Waals surface area contributed by atoms with Gasteiger partial charge in [0, 0.05) is 27.8 Å². The molecule has 31 heavy (non-hydrogen) atoms. The molecule has 0 unspecified atom stereocenters. The molecule has 2 aromatic heterocycles. The van der Waals surface area contributed by atoms with Crippen molar-refractivity contribution in [2.24, 2.45) is 0 Å². The van der Waals surface area contributed by atoms with E-state index >= 15 is 0 Å². The first-order valence-corrected chi connectivity index (χ1v) is 10.7. The molecule has 2 aromatic carbocycles. The summed E-state index contributed by atoms with van der Waals surface area (Å²) in [7, 11) is 0. The van der Waals surface area contributed by atoms with Crippen LogP contribution in [0.1, 0.15) is 21.5 Å². The third-order valence-corrected chi connectivity index (χ3v) is 5.65. The third-order valence-electron chi connectivity index (χ3n) is 4.75. The van der Waals surface area contributed by atoms with E-state index in [1.54, 1.807) is 23.0 Å². The highest BCUT2D eigenvalue weighted by molar-refractivity contribution is 9.10. The van der Waals surface area contributed by atoms with Gasteiger partial charge in [0.25, 0.3) is 11.5 Å². The van der Waals surface area contributed by atoms with E-state index in [0.717, 1.165) is 15.6 Å². The van der Waals surface area contributed by atoms with E-state index < -0.39 is 0 Å². The molecule has 0 spiro atoms. The molecule has 0 fully saturated rings. The largest absolute Gasteiger partial charge is 0.310 e. The van der Waals surface area contributed by atoms with E-state index in [-0.39, 0.29) is 18.0 Å². The summed E-state index contributed by atoms with van der Waals surface area (Å²) in [5.74, 6) is 0.238. The quantitative estimate of drug-likeness (QED) is 0.416. The summed E-state index contributed by atoms with van der Waals surface area (Å²) in [6.45, 7) is 0.795. The Labute approximate surface area is 192 Å². The second-order valence-corrected chi connectivity index (χ2v) is 8.25. The number of anilines is 1. The maximum Gasteiger partial charge on any atom is 0.258 e. The molecule has 4 rings (SSSR count). The molecule has 2 heterocycles. The van der Waals surface area contributed by atoms with Crippen LogP contribution in [0.25, 0.3) is 0 Å². The van der Waals surface area contributed by atoms with Crippen molar-refractivity contribution in [1.82, 2.24) is 14.3 Å². The first-order valence-electron chi connectivity index (χ1n) is 9.51. The molecule has 156 valence electrons. The number of halogens is 2. The van der Waals surface area contributed by atoms with Gasteiger partial charge in [-0.25, -0.2) is 4.68 Å². The Bertz CT molecular complexity index is 1280. The average molecular weight is 498 g/mol. The van der Waals surface area contributed by atoms with Crippen LogP contribution >= 0.6 is 27.5 Å². The average Bonchev–Trinajstić information content (AvgIpc) is 3.19. The van der Waals surface area contributed by atoms with Gasteiger partial charge in [-0.15, -0.1) is 0 Å². The van der Waals surface area contributed by atoms with Gasteiger partial charge >= 0.3 is 0 Å². The highest BCUT2D eigenvalue weighted by Gasteiger charge is 2.12. The molecule has 0 saturated carbocycles. The summed E-state index contributed by atoms with van der Waals surface area (Å²) in [6.07, 6.45) is 3.17. The molecule has 6 nitrogen and oxygen atoms in total. The molecule has 0 atom stereocenters. The van der Waals surface area contributed by atoms with E-state index in [0.29, 0.717) is 22.9 Å². The predicted molar refractivity (Wildman–Crippen MR) is 125 cm³/mol. The lowest BCUT2D eigenvalue weighted by Crippen LogP contribution is -2.23. The second kappa shape index (κ2) is 9.32. The molecule has 0 saturated heterocycles. The van der Waals surface area contributed by atoms with Gasteiger partial charge in [0.05, 0.1) is 24.8 Å². The molecule has 4 aromatic rings. The summed E-state index contributed by atoms with van der Waals surface area (Å²) in [5, 5.41) is 7.74. The smallest absolute Gasteiger partial charge is 0.258 e. The minimum absolute atomic E-state index is 0.211. The van der Waals surface area contributed by atoms with Crippen molar-refractivity contribution in [1.29, 1.82) is 0 Å². The minimum Gasteiger partial charge on any atom is -0.310 e. The Balaban J connectivity index is 1.52. The van der Waals surface area contributed by atoms with Crippen LogP contribution in [0, 0.1) is 0 Å². The molecule has 0 bridgehead atoms. The van der Waals surface area contributed by atoms with Crippen molar-refractivity contribution >= 4 is 39.3 Å². The molecular formula is C23H18BrClN4O2. The molecule has 0 radical (unpaired) electrons. The molecule has 1 amide bonds. The topological polar surface area (TPSA) is 68.9 Å². The maximum atomic E-state index is 12.8. The first kappa shape index (κ1) is 21.1. The van der Waals surface area contributed by atoms with Gasteiger partial charge < -0.3 is 9.88 Å². The van der Waals surface area contributed by atoms with Crippen LogP contribution in [0.5, 0.6) is 0 Å². The van der Waals surface area contributed by atoms with Gasteiger partial charge in [-0.3, -0.25) is 9.59 Å². The summed E-state index contributed by atoms with van der Waals surface area (Å²) >= 11 is 9.63. The van der Waals surface area contributed by atoms with Crippen molar-refractivity contribution in [2.45, 2.75) is 13.1 Å². The molecular weight excluding hydrogens is 480 g/mol. The van der Waals surface area contributed by atoms with E-state index in [1.807, 2.05) is 42.5 Å². The van der Waals surface area contributed by atoms with Gasteiger partial charge in [0.2, 0.25) is 0 Å². The monoisotopic (exact) mass is 496 g/mol. The zero-order chi connectivity index (χ0) is 21.8. The Kier molecular flexibility index (Phi) is 6.34. The van der Waals surface area contributed by atoms with Crippen LogP contribution in [0.3, 0.4) is 0 Å². The molecule has 0 aliphatic rings. The fourth-order valence-corrected chi connectivity index (χ4v) is 3.58. The van der Waals surface area contributed by atoms with Gasteiger partial charge in [-0.1, -0.05) is 57.9 Å². The van der Waals surface area contributed by atoms with Crippen LogP contribution in [0.15, 0.2) is 88.4 Å². The van der Waals surface area contributed by atoms with Gasteiger partial charge in [-0.05, 0) is 35.4 Å². The Morgan fingerprint density at radius 2 is 1.77 bits per heavy atom. The fourth-order valence-electron chi connectivity index (χ4n) is 3.12. The van der Waals surface area contributed by atoms with Crippen molar-refractivity contribution in [3.05, 3.63) is 116 Å². The number of pyridine rings is 1. The number of nitrogens with zero attached hydrogens (tertiary/aromatic N) is 3. The van der Waals surface area contributed by atoms with E-state index in [9.17, 15) is 9.59 Å². The summed E-state index contributed by atoms with van der Waals surface area (Å²) in [5.41, 5.74) is 2.01. The standard InChI is InChI=1S/C23H18BrClN4O2/c24-19-8-5-16(6-9-19)13-29-21(11-12-26-29)27-23(31)18-7-10-22(30)28(15-18)14-17-3-1-2-4-20(17)25/h1-12,15H,13-14H2,(H,27,31). The van der Waals surface area contributed by atoms with E-state index in [4.69, 9.17) is 11.6 Å².